The molecule has 16 heavy (non-hydrogen) atoms. The first kappa shape index (κ1) is 14.4. The lowest BCUT2D eigenvalue weighted by Crippen LogP contribution is -2.31. The van der Waals surface area contributed by atoms with Crippen molar-refractivity contribution in [2.75, 3.05) is 18.4 Å². The zero-order chi connectivity index (χ0) is 12.2. The van der Waals surface area contributed by atoms with Gasteiger partial charge < -0.3 is 0 Å². The molecular formula is C9H13BrClNO2S2. The average Bonchev–Trinajstić information content (AvgIpc) is 2.66. The van der Waals surface area contributed by atoms with Crippen LogP contribution in [0.25, 0.3) is 0 Å². The molecule has 3 nitrogen and oxygen atoms in total. The largest absolute Gasteiger partial charge is 0.252 e. The first-order valence-electron chi connectivity index (χ1n) is 4.83. The molecule has 1 aromatic heterocycles. The first-order chi connectivity index (χ1) is 7.52. The van der Waals surface area contributed by atoms with E-state index in [9.17, 15) is 8.42 Å². The molecule has 0 aliphatic heterocycles. The Labute approximate surface area is 114 Å². The summed E-state index contributed by atoms with van der Waals surface area (Å²) in [6, 6.07) is 3.16. The van der Waals surface area contributed by atoms with E-state index in [0.29, 0.717) is 21.6 Å². The van der Waals surface area contributed by atoms with Gasteiger partial charge in [-0.1, -0.05) is 34.5 Å². The molecule has 0 fully saturated rings. The molecule has 1 heterocycles. The summed E-state index contributed by atoms with van der Waals surface area (Å²) in [5.41, 5.74) is 0. The van der Waals surface area contributed by atoms with Gasteiger partial charge in [-0.15, -0.1) is 11.3 Å². The Morgan fingerprint density at radius 1 is 1.50 bits per heavy atom. The fourth-order valence-corrected chi connectivity index (χ4v) is 4.62. The van der Waals surface area contributed by atoms with Gasteiger partial charge in [-0.2, -0.15) is 4.31 Å². The first-order valence-corrected chi connectivity index (χ1v) is 8.59. The van der Waals surface area contributed by atoms with Crippen LogP contribution in [0.1, 0.15) is 13.3 Å². The highest BCUT2D eigenvalue weighted by molar-refractivity contribution is 9.09. The van der Waals surface area contributed by atoms with Gasteiger partial charge in [-0.05, 0) is 18.6 Å². The number of alkyl halides is 1. The molecule has 0 aromatic carbocycles. The van der Waals surface area contributed by atoms with Crippen molar-refractivity contribution in [3.8, 4) is 0 Å². The molecular weight excluding hydrogens is 334 g/mol. The summed E-state index contributed by atoms with van der Waals surface area (Å²) in [6.07, 6.45) is 0.798. The third-order valence-corrected chi connectivity index (χ3v) is 6.27. The second-order valence-corrected chi connectivity index (χ2v) is 7.77. The van der Waals surface area contributed by atoms with E-state index in [1.54, 1.807) is 12.1 Å². The van der Waals surface area contributed by atoms with Gasteiger partial charge in [-0.3, -0.25) is 0 Å². The van der Waals surface area contributed by atoms with Crippen LogP contribution in [0.4, 0.5) is 0 Å². The average molecular weight is 347 g/mol. The smallest absolute Gasteiger partial charge is 0.206 e. The Morgan fingerprint density at radius 3 is 2.62 bits per heavy atom. The zero-order valence-corrected chi connectivity index (χ0v) is 12.8. The van der Waals surface area contributed by atoms with Gasteiger partial charge in [0.25, 0.3) is 10.0 Å². The topological polar surface area (TPSA) is 37.4 Å². The summed E-state index contributed by atoms with van der Waals surface area (Å²) in [7, 11) is -3.36. The van der Waals surface area contributed by atoms with Gasteiger partial charge in [0.1, 0.15) is 4.21 Å². The third-order valence-electron chi connectivity index (χ3n) is 2.04. The molecule has 0 radical (unpaired) electrons. The fourth-order valence-electron chi connectivity index (χ4n) is 1.25. The molecule has 1 rings (SSSR count). The molecule has 0 saturated heterocycles. The summed E-state index contributed by atoms with van der Waals surface area (Å²) in [4.78, 5) is 0. The Kier molecular flexibility index (Phi) is 5.73. The highest BCUT2D eigenvalue weighted by Gasteiger charge is 2.24. The normalized spacial score (nSPS) is 12.2. The van der Waals surface area contributed by atoms with Gasteiger partial charge in [0, 0.05) is 18.4 Å². The van der Waals surface area contributed by atoms with Crippen molar-refractivity contribution in [2.45, 2.75) is 17.6 Å². The minimum Gasteiger partial charge on any atom is -0.206 e. The second kappa shape index (κ2) is 6.35. The molecule has 7 heteroatoms. The van der Waals surface area contributed by atoms with E-state index in [1.165, 1.54) is 4.31 Å². The number of rotatable bonds is 6. The number of thiophene rings is 1. The third kappa shape index (κ3) is 3.43. The van der Waals surface area contributed by atoms with Crippen LogP contribution in [0.2, 0.25) is 4.34 Å². The predicted octanol–water partition coefficient (Wildman–Crippen LogP) is 3.20. The molecule has 0 spiro atoms. The fraction of sp³-hybridized carbons (Fsp3) is 0.556. The van der Waals surface area contributed by atoms with E-state index in [-0.39, 0.29) is 0 Å². The predicted molar refractivity (Wildman–Crippen MR) is 72.2 cm³/mol. The Morgan fingerprint density at radius 2 is 2.19 bits per heavy atom. The van der Waals surface area contributed by atoms with Crippen molar-refractivity contribution in [1.82, 2.24) is 4.31 Å². The van der Waals surface area contributed by atoms with E-state index in [0.717, 1.165) is 23.1 Å². The minimum atomic E-state index is -3.36. The van der Waals surface area contributed by atoms with Crippen molar-refractivity contribution < 1.29 is 8.42 Å². The molecule has 0 saturated carbocycles. The number of sulfonamides is 1. The van der Waals surface area contributed by atoms with Crippen LogP contribution in [0.3, 0.4) is 0 Å². The van der Waals surface area contributed by atoms with E-state index < -0.39 is 10.0 Å². The minimum absolute atomic E-state index is 0.314. The second-order valence-electron chi connectivity index (χ2n) is 3.10. The molecule has 0 atom stereocenters. The summed E-state index contributed by atoms with van der Waals surface area (Å²) in [5, 5.41) is 0.796. The van der Waals surface area contributed by atoms with Crippen LogP contribution in [-0.4, -0.2) is 31.1 Å². The van der Waals surface area contributed by atoms with E-state index >= 15 is 0 Å². The molecule has 92 valence electrons. The van der Waals surface area contributed by atoms with Gasteiger partial charge in [-0.25, -0.2) is 8.42 Å². The quantitative estimate of drug-likeness (QED) is 0.742. The number of hydrogen-bond donors (Lipinski definition) is 0. The number of hydrogen-bond acceptors (Lipinski definition) is 3. The summed E-state index contributed by atoms with van der Waals surface area (Å²) < 4.78 is 26.6. The van der Waals surface area contributed by atoms with Crippen LogP contribution in [0.15, 0.2) is 16.3 Å². The van der Waals surface area contributed by atoms with Crippen LogP contribution >= 0.6 is 38.9 Å². The lowest BCUT2D eigenvalue weighted by Gasteiger charge is -2.18. The lowest BCUT2D eigenvalue weighted by molar-refractivity contribution is 0.430. The maximum absolute atomic E-state index is 12.1. The van der Waals surface area contributed by atoms with E-state index in [2.05, 4.69) is 15.9 Å². The Hall–Kier alpha value is 0.380. The van der Waals surface area contributed by atoms with Crippen LogP contribution in [-0.2, 0) is 10.0 Å². The molecule has 0 N–H and O–H groups in total. The van der Waals surface area contributed by atoms with Crippen molar-refractivity contribution in [3.05, 3.63) is 16.5 Å². The highest BCUT2D eigenvalue weighted by Crippen LogP contribution is 2.28. The van der Waals surface area contributed by atoms with Gasteiger partial charge in [0.2, 0.25) is 0 Å². The SMILES string of the molecule is CCN(CCCBr)S(=O)(=O)c1ccc(Cl)s1. The molecule has 0 bridgehead atoms. The van der Waals surface area contributed by atoms with Crippen molar-refractivity contribution in [1.29, 1.82) is 0 Å². The number of nitrogens with zero attached hydrogens (tertiary/aromatic N) is 1. The summed E-state index contributed by atoms with van der Waals surface area (Å²) >= 11 is 10.1. The van der Waals surface area contributed by atoms with Crippen LogP contribution in [0, 0.1) is 0 Å². The van der Waals surface area contributed by atoms with Gasteiger partial charge in [0.15, 0.2) is 0 Å². The standard InChI is InChI=1S/C9H13BrClNO2S2/c1-2-12(7-3-6-10)16(13,14)9-5-4-8(11)15-9/h4-5H,2-3,6-7H2,1H3. The van der Waals surface area contributed by atoms with Crippen LogP contribution in [0.5, 0.6) is 0 Å². The van der Waals surface area contributed by atoms with Crippen molar-refractivity contribution in [2.24, 2.45) is 0 Å². The maximum atomic E-state index is 12.1. The monoisotopic (exact) mass is 345 g/mol. The molecule has 0 aliphatic rings. The highest BCUT2D eigenvalue weighted by atomic mass is 79.9. The number of halogens is 2. The zero-order valence-electron chi connectivity index (χ0n) is 8.82. The van der Waals surface area contributed by atoms with Crippen LogP contribution < -0.4 is 0 Å². The van der Waals surface area contributed by atoms with E-state index in [1.807, 2.05) is 6.92 Å². The summed E-state index contributed by atoms with van der Waals surface area (Å²) in [5.74, 6) is 0. The Bertz CT molecular complexity index is 432. The van der Waals surface area contributed by atoms with Gasteiger partial charge >= 0.3 is 0 Å². The van der Waals surface area contributed by atoms with Gasteiger partial charge in [0.05, 0.1) is 4.34 Å². The Balaban J connectivity index is 2.90. The van der Waals surface area contributed by atoms with E-state index in [4.69, 9.17) is 11.6 Å². The maximum Gasteiger partial charge on any atom is 0.252 e. The molecule has 0 aliphatic carbocycles. The summed E-state index contributed by atoms with van der Waals surface area (Å²) in [6.45, 7) is 2.84. The van der Waals surface area contributed by atoms with Crippen molar-refractivity contribution >= 4 is 48.9 Å². The molecule has 0 amide bonds. The molecule has 1 aromatic rings. The van der Waals surface area contributed by atoms with Crippen molar-refractivity contribution in [3.63, 3.8) is 0 Å². The molecule has 0 unspecified atom stereocenters. The lowest BCUT2D eigenvalue weighted by atomic mass is 10.5.